The van der Waals surface area contributed by atoms with Crippen molar-refractivity contribution in [1.82, 2.24) is 4.90 Å². The van der Waals surface area contributed by atoms with Crippen molar-refractivity contribution >= 4 is 5.91 Å². The van der Waals surface area contributed by atoms with E-state index in [1.165, 1.54) is 12.1 Å². The third-order valence-electron chi connectivity index (χ3n) is 4.39. The molecule has 1 N–H and O–H groups in total. The van der Waals surface area contributed by atoms with Gasteiger partial charge in [-0.3, -0.25) is 4.79 Å². The molecule has 0 saturated carbocycles. The van der Waals surface area contributed by atoms with E-state index in [1.54, 1.807) is 12.1 Å². The Morgan fingerprint density at radius 3 is 2.76 bits per heavy atom. The maximum Gasteiger partial charge on any atom is 0.223 e. The standard InChI is InChI=1S/C17H24FNO2/c1-2-14(15-5-7-16(18)8-6-15)10-17(21)19-9-3-4-13(11-19)12-20/h5-8,13-14,20H,2-4,9-12H2,1H3. The van der Waals surface area contributed by atoms with E-state index in [9.17, 15) is 14.3 Å². The predicted molar refractivity (Wildman–Crippen MR) is 80.4 cm³/mol. The zero-order chi connectivity index (χ0) is 15.2. The van der Waals surface area contributed by atoms with Gasteiger partial charge in [-0.05, 0) is 48.8 Å². The van der Waals surface area contributed by atoms with Crippen LogP contribution in [0.2, 0.25) is 0 Å². The molecular weight excluding hydrogens is 269 g/mol. The topological polar surface area (TPSA) is 40.5 Å². The number of piperidine rings is 1. The monoisotopic (exact) mass is 293 g/mol. The molecule has 1 aliphatic rings. The largest absolute Gasteiger partial charge is 0.396 e. The van der Waals surface area contributed by atoms with Crippen LogP contribution in [0.4, 0.5) is 4.39 Å². The average molecular weight is 293 g/mol. The Labute approximate surface area is 125 Å². The second-order valence-electron chi connectivity index (χ2n) is 5.89. The van der Waals surface area contributed by atoms with E-state index in [0.717, 1.165) is 31.4 Å². The number of halogens is 1. The number of nitrogens with zero attached hydrogens (tertiary/aromatic N) is 1. The third kappa shape index (κ3) is 4.27. The lowest BCUT2D eigenvalue weighted by atomic mass is 9.91. The molecule has 1 aromatic rings. The van der Waals surface area contributed by atoms with Crippen LogP contribution in [0, 0.1) is 11.7 Å². The normalized spacial score (nSPS) is 20.3. The SMILES string of the molecule is CCC(CC(=O)N1CCCC(CO)C1)c1ccc(F)cc1. The van der Waals surface area contributed by atoms with Crippen molar-refractivity contribution < 1.29 is 14.3 Å². The van der Waals surface area contributed by atoms with E-state index in [1.807, 2.05) is 11.8 Å². The van der Waals surface area contributed by atoms with Crippen LogP contribution in [0.3, 0.4) is 0 Å². The summed E-state index contributed by atoms with van der Waals surface area (Å²) < 4.78 is 13.0. The van der Waals surface area contributed by atoms with E-state index in [2.05, 4.69) is 0 Å². The predicted octanol–water partition coefficient (Wildman–Crippen LogP) is 2.94. The van der Waals surface area contributed by atoms with Gasteiger partial charge in [-0.1, -0.05) is 19.1 Å². The van der Waals surface area contributed by atoms with Crippen LogP contribution < -0.4 is 0 Å². The molecule has 0 spiro atoms. The Kier molecular flexibility index (Phi) is 5.74. The van der Waals surface area contributed by atoms with Crippen LogP contribution >= 0.6 is 0 Å². The van der Waals surface area contributed by atoms with Gasteiger partial charge in [0.1, 0.15) is 5.82 Å². The van der Waals surface area contributed by atoms with Crippen LogP contribution in [-0.2, 0) is 4.79 Å². The van der Waals surface area contributed by atoms with Crippen molar-refractivity contribution in [1.29, 1.82) is 0 Å². The molecule has 3 nitrogen and oxygen atoms in total. The second kappa shape index (κ2) is 7.55. The number of carbonyl (C=O) groups excluding carboxylic acids is 1. The number of likely N-dealkylation sites (tertiary alicyclic amines) is 1. The maximum atomic E-state index is 13.0. The number of aliphatic hydroxyl groups excluding tert-OH is 1. The molecule has 1 saturated heterocycles. The van der Waals surface area contributed by atoms with Crippen LogP contribution in [0.1, 0.15) is 44.1 Å². The number of rotatable bonds is 5. The highest BCUT2D eigenvalue weighted by Crippen LogP contribution is 2.26. The summed E-state index contributed by atoms with van der Waals surface area (Å²) in [6.45, 7) is 3.65. The Balaban J connectivity index is 1.97. The zero-order valence-electron chi connectivity index (χ0n) is 12.6. The van der Waals surface area contributed by atoms with E-state index < -0.39 is 0 Å². The van der Waals surface area contributed by atoms with E-state index in [0.29, 0.717) is 13.0 Å². The first-order valence-electron chi connectivity index (χ1n) is 7.78. The summed E-state index contributed by atoms with van der Waals surface area (Å²) in [7, 11) is 0. The molecule has 2 unspecified atom stereocenters. The Bertz CT molecular complexity index is 460. The lowest BCUT2D eigenvalue weighted by molar-refractivity contribution is -0.133. The van der Waals surface area contributed by atoms with Crippen molar-refractivity contribution in [2.75, 3.05) is 19.7 Å². The lowest BCUT2D eigenvalue weighted by Crippen LogP contribution is -2.41. The summed E-state index contributed by atoms with van der Waals surface area (Å²) in [5, 5.41) is 9.25. The highest BCUT2D eigenvalue weighted by atomic mass is 19.1. The molecule has 1 aromatic carbocycles. The van der Waals surface area contributed by atoms with Crippen molar-refractivity contribution in [3.8, 4) is 0 Å². The van der Waals surface area contributed by atoms with Crippen LogP contribution in [0.25, 0.3) is 0 Å². The Morgan fingerprint density at radius 1 is 1.43 bits per heavy atom. The molecule has 0 radical (unpaired) electrons. The maximum absolute atomic E-state index is 13.0. The molecule has 0 aliphatic carbocycles. The molecular formula is C17H24FNO2. The summed E-state index contributed by atoms with van der Waals surface area (Å²) >= 11 is 0. The minimum absolute atomic E-state index is 0.132. The molecule has 1 amide bonds. The average Bonchev–Trinajstić information content (AvgIpc) is 2.53. The van der Waals surface area contributed by atoms with Gasteiger partial charge in [0, 0.05) is 26.1 Å². The lowest BCUT2D eigenvalue weighted by Gasteiger charge is -2.33. The van der Waals surface area contributed by atoms with E-state index in [4.69, 9.17) is 0 Å². The first-order valence-corrected chi connectivity index (χ1v) is 7.78. The fourth-order valence-electron chi connectivity index (χ4n) is 3.01. The zero-order valence-corrected chi connectivity index (χ0v) is 12.6. The van der Waals surface area contributed by atoms with Crippen LogP contribution in [0.15, 0.2) is 24.3 Å². The number of benzene rings is 1. The van der Waals surface area contributed by atoms with Crippen molar-refractivity contribution in [3.63, 3.8) is 0 Å². The number of aliphatic hydroxyl groups is 1. The summed E-state index contributed by atoms with van der Waals surface area (Å²) in [6.07, 6.45) is 3.27. The second-order valence-corrected chi connectivity index (χ2v) is 5.89. The van der Waals surface area contributed by atoms with Crippen molar-refractivity contribution in [2.45, 2.75) is 38.5 Å². The molecule has 4 heteroatoms. The quantitative estimate of drug-likeness (QED) is 0.906. The van der Waals surface area contributed by atoms with Gasteiger partial charge in [0.2, 0.25) is 5.91 Å². The highest BCUT2D eigenvalue weighted by Gasteiger charge is 2.25. The third-order valence-corrected chi connectivity index (χ3v) is 4.39. The number of amides is 1. The summed E-state index contributed by atoms with van der Waals surface area (Å²) in [5.74, 6) is 0.243. The van der Waals surface area contributed by atoms with Gasteiger partial charge in [0.05, 0.1) is 0 Å². The van der Waals surface area contributed by atoms with Crippen molar-refractivity contribution in [3.05, 3.63) is 35.6 Å². The van der Waals surface area contributed by atoms with Crippen molar-refractivity contribution in [2.24, 2.45) is 5.92 Å². The first-order chi connectivity index (χ1) is 10.1. The molecule has 1 aliphatic heterocycles. The molecule has 2 atom stereocenters. The van der Waals surface area contributed by atoms with Gasteiger partial charge < -0.3 is 10.0 Å². The smallest absolute Gasteiger partial charge is 0.223 e. The number of carbonyl (C=O) groups is 1. The number of hydrogen-bond acceptors (Lipinski definition) is 2. The minimum Gasteiger partial charge on any atom is -0.396 e. The molecule has 21 heavy (non-hydrogen) atoms. The number of hydrogen-bond donors (Lipinski definition) is 1. The van der Waals surface area contributed by atoms with Gasteiger partial charge >= 0.3 is 0 Å². The molecule has 116 valence electrons. The molecule has 0 bridgehead atoms. The molecule has 0 aromatic heterocycles. The van der Waals surface area contributed by atoms with E-state index >= 15 is 0 Å². The fourth-order valence-corrected chi connectivity index (χ4v) is 3.01. The minimum atomic E-state index is -0.248. The van der Waals surface area contributed by atoms with Gasteiger partial charge in [0.15, 0.2) is 0 Å². The van der Waals surface area contributed by atoms with Gasteiger partial charge in [-0.25, -0.2) is 4.39 Å². The highest BCUT2D eigenvalue weighted by molar-refractivity contribution is 5.77. The molecule has 1 fully saturated rings. The first kappa shape index (κ1) is 16.0. The fraction of sp³-hybridized carbons (Fsp3) is 0.588. The van der Waals surface area contributed by atoms with Gasteiger partial charge in [0.25, 0.3) is 0 Å². The summed E-state index contributed by atoms with van der Waals surface area (Å²) in [4.78, 5) is 14.3. The van der Waals surface area contributed by atoms with Gasteiger partial charge in [-0.2, -0.15) is 0 Å². The van der Waals surface area contributed by atoms with Gasteiger partial charge in [-0.15, -0.1) is 0 Å². The Morgan fingerprint density at radius 2 is 2.14 bits per heavy atom. The summed E-state index contributed by atoms with van der Waals surface area (Å²) in [6, 6.07) is 6.43. The van der Waals surface area contributed by atoms with Crippen LogP contribution in [-0.4, -0.2) is 35.6 Å². The Hall–Kier alpha value is -1.42. The van der Waals surface area contributed by atoms with Crippen LogP contribution in [0.5, 0.6) is 0 Å². The molecule has 2 rings (SSSR count). The van der Waals surface area contributed by atoms with E-state index in [-0.39, 0.29) is 30.2 Å². The summed E-state index contributed by atoms with van der Waals surface area (Å²) in [5.41, 5.74) is 1.02. The molecule has 1 heterocycles.